The fourth-order valence-corrected chi connectivity index (χ4v) is 4.15. The number of carbonyl (C=O) groups excluding carboxylic acids is 1. The number of nitrogens with two attached hydrogens (primary N) is 1. The average Bonchev–Trinajstić information content (AvgIpc) is 3.23. The molecule has 1 aliphatic rings. The molecule has 0 fully saturated rings. The first-order chi connectivity index (χ1) is 18.8. The molecule has 13 heteroatoms. The first-order valence-electron chi connectivity index (χ1n) is 12.2. The minimum Gasteiger partial charge on any atom is -0.493 e. The molecule has 1 amide bonds. The second-order valence-corrected chi connectivity index (χ2v) is 9.61. The van der Waals surface area contributed by atoms with Crippen molar-refractivity contribution >= 4 is 5.91 Å². The summed E-state index contributed by atoms with van der Waals surface area (Å²) in [6, 6.07) is 8.30. The van der Waals surface area contributed by atoms with Crippen LogP contribution in [0.25, 0.3) is 11.3 Å². The van der Waals surface area contributed by atoms with Crippen molar-refractivity contribution in [3.8, 4) is 28.5 Å². The SMILES string of the molecule is COc1cc(C(=O)NCC(O)(c2cc3c(c(-c4ccc(C)nc4)n2)OCC3(C)N)C(F)(F)F)ccc1OCCO. The predicted octanol–water partition coefficient (Wildman–Crippen LogP) is 2.58. The molecular weight excluding hydrogens is 533 g/mol. The quantitative estimate of drug-likeness (QED) is 0.309. The van der Waals surface area contributed by atoms with Crippen LogP contribution >= 0.6 is 0 Å². The van der Waals surface area contributed by atoms with E-state index in [2.05, 4.69) is 15.3 Å². The van der Waals surface area contributed by atoms with Gasteiger partial charge >= 0.3 is 6.18 Å². The van der Waals surface area contributed by atoms with Crippen molar-refractivity contribution in [3.05, 3.63) is 65.1 Å². The maximum Gasteiger partial charge on any atom is 0.424 e. The summed E-state index contributed by atoms with van der Waals surface area (Å²) in [7, 11) is 1.32. The number of fused-ring (bicyclic) bond motifs is 1. The first-order valence-corrected chi connectivity index (χ1v) is 12.2. The van der Waals surface area contributed by atoms with Crippen LogP contribution in [0.2, 0.25) is 0 Å². The van der Waals surface area contributed by atoms with Gasteiger partial charge in [0.25, 0.3) is 5.91 Å². The van der Waals surface area contributed by atoms with Gasteiger partial charge in [-0.3, -0.25) is 9.78 Å². The monoisotopic (exact) mass is 562 g/mol. The number of aliphatic hydroxyl groups is 2. The molecule has 214 valence electrons. The molecule has 1 aromatic carbocycles. The number of hydrogen-bond donors (Lipinski definition) is 4. The maximum absolute atomic E-state index is 14.5. The molecule has 10 nitrogen and oxygen atoms in total. The number of amides is 1. The fraction of sp³-hybridized carbons (Fsp3) is 0.370. The Hall–Kier alpha value is -3.94. The second kappa shape index (κ2) is 10.9. The third-order valence-corrected chi connectivity index (χ3v) is 6.46. The first kappa shape index (κ1) is 29.1. The van der Waals surface area contributed by atoms with Crippen LogP contribution in [0, 0.1) is 6.92 Å². The van der Waals surface area contributed by atoms with Crippen molar-refractivity contribution < 1.29 is 42.4 Å². The van der Waals surface area contributed by atoms with Crippen LogP contribution in [0.1, 0.15) is 34.2 Å². The molecule has 2 aromatic heterocycles. The number of carbonyl (C=O) groups is 1. The molecule has 0 radical (unpaired) electrons. The Morgan fingerprint density at radius 1 is 1.23 bits per heavy atom. The Balaban J connectivity index is 1.71. The van der Waals surface area contributed by atoms with Crippen molar-refractivity contribution in [1.29, 1.82) is 0 Å². The highest BCUT2D eigenvalue weighted by atomic mass is 19.4. The topological polar surface area (TPSA) is 149 Å². The number of alkyl halides is 3. The van der Waals surface area contributed by atoms with Gasteiger partial charge in [0.05, 0.1) is 31.5 Å². The zero-order valence-electron chi connectivity index (χ0n) is 22.0. The number of nitrogens with zero attached hydrogens (tertiary/aromatic N) is 2. The summed E-state index contributed by atoms with van der Waals surface area (Å²) in [5.41, 5.74) is 2.07. The van der Waals surface area contributed by atoms with E-state index in [1.807, 2.05) is 0 Å². The number of hydrogen-bond acceptors (Lipinski definition) is 9. The van der Waals surface area contributed by atoms with Crippen molar-refractivity contribution in [2.75, 3.05) is 33.5 Å². The van der Waals surface area contributed by atoms with Gasteiger partial charge in [-0.25, -0.2) is 4.98 Å². The van der Waals surface area contributed by atoms with Gasteiger partial charge in [0.2, 0.25) is 5.60 Å². The lowest BCUT2D eigenvalue weighted by molar-refractivity contribution is -0.265. The van der Waals surface area contributed by atoms with Crippen molar-refractivity contribution in [2.24, 2.45) is 5.73 Å². The molecule has 0 aliphatic carbocycles. The highest BCUT2D eigenvalue weighted by Crippen LogP contribution is 2.46. The van der Waals surface area contributed by atoms with Crippen LogP contribution in [0.5, 0.6) is 17.2 Å². The average molecular weight is 563 g/mol. The third-order valence-electron chi connectivity index (χ3n) is 6.46. The highest BCUT2D eigenvalue weighted by molar-refractivity contribution is 5.95. The summed E-state index contributed by atoms with van der Waals surface area (Å²) >= 11 is 0. The Morgan fingerprint density at radius 3 is 2.60 bits per heavy atom. The van der Waals surface area contributed by atoms with Crippen molar-refractivity contribution in [3.63, 3.8) is 0 Å². The van der Waals surface area contributed by atoms with Crippen LogP contribution in [0.3, 0.4) is 0 Å². The molecular formula is C27H29F3N4O6. The van der Waals surface area contributed by atoms with E-state index in [9.17, 15) is 23.1 Å². The fourth-order valence-electron chi connectivity index (χ4n) is 4.15. The molecule has 3 aromatic rings. The molecule has 1 aliphatic heterocycles. The van der Waals surface area contributed by atoms with Crippen LogP contribution in [0.4, 0.5) is 13.2 Å². The molecule has 5 N–H and O–H groups in total. The number of benzene rings is 1. The molecule has 4 rings (SSSR count). The molecule has 40 heavy (non-hydrogen) atoms. The standard InChI is InChI=1S/C27H29F3N4O6/c1-15-4-5-17(12-32-15)22-23-18(25(2,31)14-40-23)11-21(34-22)26(37,27(28,29)30)13-33-24(36)16-6-7-19(39-9-8-35)20(10-16)38-3/h4-7,10-12,35,37H,8-9,13-14,31H2,1-3H3,(H,33,36). The molecule has 0 saturated heterocycles. The van der Waals surface area contributed by atoms with E-state index in [4.69, 9.17) is 25.1 Å². The lowest BCUT2D eigenvalue weighted by Crippen LogP contribution is -2.51. The minimum atomic E-state index is -5.24. The van der Waals surface area contributed by atoms with Crippen LogP contribution in [-0.2, 0) is 11.1 Å². The van der Waals surface area contributed by atoms with Crippen LogP contribution in [-0.4, -0.2) is 65.7 Å². The number of methoxy groups -OCH3 is 1. The number of rotatable bonds is 9. The third kappa shape index (κ3) is 5.53. The molecule has 2 atom stereocenters. The van der Waals surface area contributed by atoms with E-state index in [0.717, 1.165) is 6.07 Å². The smallest absolute Gasteiger partial charge is 0.424 e. The molecule has 2 unspecified atom stereocenters. The summed E-state index contributed by atoms with van der Waals surface area (Å²) in [5, 5.41) is 22.2. The van der Waals surface area contributed by atoms with Gasteiger partial charge in [0, 0.05) is 28.6 Å². The Bertz CT molecular complexity index is 1400. The van der Waals surface area contributed by atoms with Crippen molar-refractivity contribution in [2.45, 2.75) is 31.2 Å². The predicted molar refractivity (Wildman–Crippen MR) is 137 cm³/mol. The van der Waals surface area contributed by atoms with Gasteiger partial charge in [-0.05, 0) is 50.2 Å². The zero-order chi connectivity index (χ0) is 29.3. The van der Waals surface area contributed by atoms with E-state index < -0.39 is 35.5 Å². The lowest BCUT2D eigenvalue weighted by atomic mass is 9.89. The summed E-state index contributed by atoms with van der Waals surface area (Å²) in [4.78, 5) is 21.2. The molecule has 0 spiro atoms. The highest BCUT2D eigenvalue weighted by Gasteiger charge is 2.57. The Morgan fingerprint density at radius 2 is 1.98 bits per heavy atom. The number of halogens is 3. The number of ether oxygens (including phenoxy) is 3. The van der Waals surface area contributed by atoms with Gasteiger partial charge in [0.1, 0.15) is 18.9 Å². The molecule has 0 bridgehead atoms. The van der Waals surface area contributed by atoms with Gasteiger partial charge in [-0.2, -0.15) is 13.2 Å². The van der Waals surface area contributed by atoms with Gasteiger partial charge < -0.3 is 35.5 Å². The number of pyridine rings is 2. The second-order valence-electron chi connectivity index (χ2n) is 9.61. The Kier molecular flexibility index (Phi) is 7.92. The largest absolute Gasteiger partial charge is 0.493 e. The Labute approximate surface area is 227 Å². The van der Waals surface area contributed by atoms with Gasteiger partial charge in [-0.1, -0.05) is 0 Å². The van der Waals surface area contributed by atoms with Crippen LogP contribution in [0.15, 0.2) is 42.6 Å². The molecule has 3 heterocycles. The number of aliphatic hydroxyl groups excluding tert-OH is 1. The van der Waals surface area contributed by atoms with E-state index >= 15 is 0 Å². The number of nitrogens with one attached hydrogen (secondary N) is 1. The summed E-state index contributed by atoms with van der Waals surface area (Å²) in [6.07, 6.45) is -3.80. The van der Waals surface area contributed by atoms with Gasteiger partial charge in [0.15, 0.2) is 17.2 Å². The van der Waals surface area contributed by atoms with E-state index in [1.165, 1.54) is 31.5 Å². The van der Waals surface area contributed by atoms with Crippen molar-refractivity contribution in [1.82, 2.24) is 15.3 Å². The summed E-state index contributed by atoms with van der Waals surface area (Å²) in [5.74, 6) is -0.354. The summed E-state index contributed by atoms with van der Waals surface area (Å²) < 4.78 is 59.7. The normalized spacial score (nSPS) is 17.9. The van der Waals surface area contributed by atoms with Crippen LogP contribution < -0.4 is 25.3 Å². The summed E-state index contributed by atoms with van der Waals surface area (Å²) in [6.45, 7) is 1.80. The lowest BCUT2D eigenvalue weighted by Gasteiger charge is -2.31. The number of aromatic nitrogens is 2. The van der Waals surface area contributed by atoms with E-state index in [1.54, 1.807) is 26.0 Å². The number of aryl methyl sites for hydroxylation is 1. The minimum absolute atomic E-state index is 0.0131. The van der Waals surface area contributed by atoms with E-state index in [0.29, 0.717) is 11.3 Å². The van der Waals surface area contributed by atoms with E-state index in [-0.39, 0.29) is 53.9 Å². The zero-order valence-corrected chi connectivity index (χ0v) is 22.0. The molecule has 0 saturated carbocycles. The van der Waals surface area contributed by atoms with Gasteiger partial charge in [-0.15, -0.1) is 0 Å². The maximum atomic E-state index is 14.5.